The first-order valence-corrected chi connectivity index (χ1v) is 11.6. The third kappa shape index (κ3) is 3.15. The highest BCUT2D eigenvalue weighted by Crippen LogP contribution is 2.41. The molecule has 7 rings (SSSR count). The summed E-state index contributed by atoms with van der Waals surface area (Å²) in [5.74, 6) is 2.88. The molecular formula is C26H22N6O3. The molecule has 2 aromatic heterocycles. The summed E-state index contributed by atoms with van der Waals surface area (Å²) in [6, 6.07) is 14.0. The lowest BCUT2D eigenvalue weighted by molar-refractivity contribution is -0.117. The Morgan fingerprint density at radius 1 is 1.17 bits per heavy atom. The van der Waals surface area contributed by atoms with Gasteiger partial charge in [-0.3, -0.25) is 4.79 Å². The zero-order chi connectivity index (χ0) is 23.5. The number of nitrogens with one attached hydrogen (secondary N) is 1. The number of aliphatic imine (C=N–C) groups is 1. The molecule has 1 aliphatic carbocycles. The predicted octanol–water partition coefficient (Wildman–Crippen LogP) is 4.07. The van der Waals surface area contributed by atoms with E-state index < -0.39 is 0 Å². The van der Waals surface area contributed by atoms with Gasteiger partial charge < -0.3 is 24.3 Å². The van der Waals surface area contributed by atoms with Crippen LogP contribution in [0.25, 0.3) is 16.6 Å². The standard InChI is InChI=1S/C26H22N6O3/c1-34-20-5-3-2-4-19(20)32-9-8-16-12-17(13-18(22(16)32)29-25(33)15-6-7-15)31-10-11-35-26-21-23(27-14-28-26)30-24(21)31/h2-5,8-9,12-15H,6-7,10-11H2,1H3,(H,29,33). The predicted molar refractivity (Wildman–Crippen MR) is 132 cm³/mol. The molecule has 35 heavy (non-hydrogen) atoms. The zero-order valence-corrected chi connectivity index (χ0v) is 19.1. The average molecular weight is 467 g/mol. The summed E-state index contributed by atoms with van der Waals surface area (Å²) < 4.78 is 13.5. The maximum atomic E-state index is 12.9. The van der Waals surface area contributed by atoms with Crippen LogP contribution in [0.4, 0.5) is 17.2 Å². The van der Waals surface area contributed by atoms with E-state index in [1.807, 2.05) is 36.5 Å². The second-order valence-corrected chi connectivity index (χ2v) is 8.87. The molecule has 0 radical (unpaired) electrons. The van der Waals surface area contributed by atoms with Gasteiger partial charge in [-0.1, -0.05) is 12.1 Å². The van der Waals surface area contributed by atoms with E-state index in [9.17, 15) is 4.79 Å². The van der Waals surface area contributed by atoms with Crippen LogP contribution in [-0.4, -0.2) is 46.5 Å². The van der Waals surface area contributed by atoms with Crippen molar-refractivity contribution in [2.75, 3.05) is 30.5 Å². The Morgan fingerprint density at radius 3 is 2.91 bits per heavy atom. The summed E-state index contributed by atoms with van der Waals surface area (Å²) in [4.78, 5) is 28.1. The molecule has 3 aliphatic rings. The third-order valence-electron chi connectivity index (χ3n) is 6.67. The van der Waals surface area contributed by atoms with Crippen molar-refractivity contribution in [3.8, 4) is 17.3 Å². The second-order valence-electron chi connectivity index (χ2n) is 8.87. The maximum absolute atomic E-state index is 12.9. The van der Waals surface area contributed by atoms with Crippen molar-refractivity contribution in [3.63, 3.8) is 0 Å². The summed E-state index contributed by atoms with van der Waals surface area (Å²) in [6.45, 7) is 1.07. The van der Waals surface area contributed by atoms with Crippen LogP contribution in [0.15, 0.2) is 60.0 Å². The molecule has 1 amide bonds. The van der Waals surface area contributed by atoms with Crippen molar-refractivity contribution < 1.29 is 14.3 Å². The smallest absolute Gasteiger partial charge is 0.230 e. The number of amidine groups is 1. The first-order valence-electron chi connectivity index (χ1n) is 11.6. The Hall–Kier alpha value is -4.40. The minimum atomic E-state index is 0.0532. The Bertz CT molecular complexity index is 1540. The van der Waals surface area contributed by atoms with Crippen LogP contribution in [0.2, 0.25) is 0 Å². The van der Waals surface area contributed by atoms with E-state index in [0.29, 0.717) is 24.8 Å². The van der Waals surface area contributed by atoms with Gasteiger partial charge in [-0.15, -0.1) is 0 Å². The van der Waals surface area contributed by atoms with Gasteiger partial charge in [0, 0.05) is 23.2 Å². The lowest BCUT2D eigenvalue weighted by Crippen LogP contribution is -2.35. The molecule has 9 heteroatoms. The number of anilines is 2. The maximum Gasteiger partial charge on any atom is 0.230 e. The molecule has 0 unspecified atom stereocenters. The van der Waals surface area contributed by atoms with Gasteiger partial charge in [-0.2, -0.15) is 0 Å². The molecule has 4 aromatic rings. The molecule has 1 N–H and O–H groups in total. The molecular weight excluding hydrogens is 444 g/mol. The van der Waals surface area contributed by atoms with Crippen LogP contribution in [0.5, 0.6) is 11.6 Å². The monoisotopic (exact) mass is 466 g/mol. The number of carbonyl (C=O) groups excluding carboxylic acids is 1. The van der Waals surface area contributed by atoms with Gasteiger partial charge in [-0.25, -0.2) is 15.0 Å². The summed E-state index contributed by atoms with van der Waals surface area (Å²) in [5, 5.41) is 4.20. The molecule has 1 saturated carbocycles. The number of aromatic nitrogens is 3. The fourth-order valence-corrected chi connectivity index (χ4v) is 4.77. The van der Waals surface area contributed by atoms with Gasteiger partial charge in [0.05, 0.1) is 30.5 Å². The lowest BCUT2D eigenvalue weighted by atomic mass is 10.1. The number of amides is 1. The van der Waals surface area contributed by atoms with Gasteiger partial charge >= 0.3 is 0 Å². The van der Waals surface area contributed by atoms with Crippen LogP contribution < -0.4 is 19.7 Å². The van der Waals surface area contributed by atoms with Crippen LogP contribution in [0, 0.1) is 5.92 Å². The summed E-state index contributed by atoms with van der Waals surface area (Å²) in [7, 11) is 1.66. The minimum Gasteiger partial charge on any atom is -0.495 e. The number of fused-ring (bicyclic) bond motifs is 1. The molecule has 0 bridgehead atoms. The number of carbonyl (C=O) groups is 1. The SMILES string of the molecule is COc1ccccc1-n1ccc2cc(N3CCOc4ncnc5c4C3=N5)cc(NC(=O)C3CC3)c21. The quantitative estimate of drug-likeness (QED) is 0.477. The fourth-order valence-electron chi connectivity index (χ4n) is 4.77. The van der Waals surface area contributed by atoms with Gasteiger partial charge in [0.2, 0.25) is 11.8 Å². The molecule has 0 spiro atoms. The van der Waals surface area contributed by atoms with Crippen molar-refractivity contribution in [3.05, 3.63) is 60.6 Å². The molecule has 0 saturated heterocycles. The van der Waals surface area contributed by atoms with Crippen LogP contribution in [-0.2, 0) is 4.79 Å². The summed E-state index contributed by atoms with van der Waals surface area (Å²) >= 11 is 0. The molecule has 2 aromatic carbocycles. The molecule has 1 fully saturated rings. The van der Waals surface area contributed by atoms with Crippen LogP contribution in [0.1, 0.15) is 18.4 Å². The molecule has 4 heterocycles. The number of ether oxygens (including phenoxy) is 2. The van der Waals surface area contributed by atoms with Crippen molar-refractivity contribution in [1.29, 1.82) is 0 Å². The highest BCUT2D eigenvalue weighted by molar-refractivity contribution is 6.21. The fraction of sp³-hybridized carbons (Fsp3) is 0.231. The normalized spacial score (nSPS) is 16.0. The highest BCUT2D eigenvalue weighted by atomic mass is 16.5. The Labute approximate surface area is 201 Å². The first-order chi connectivity index (χ1) is 17.2. The first kappa shape index (κ1) is 20.0. The minimum absolute atomic E-state index is 0.0532. The zero-order valence-electron chi connectivity index (χ0n) is 19.1. The molecule has 9 nitrogen and oxygen atoms in total. The third-order valence-corrected chi connectivity index (χ3v) is 6.67. The molecule has 2 aliphatic heterocycles. The summed E-state index contributed by atoms with van der Waals surface area (Å²) in [5.41, 5.74) is 4.33. The van der Waals surface area contributed by atoms with E-state index in [2.05, 4.69) is 41.9 Å². The number of benzene rings is 2. The van der Waals surface area contributed by atoms with E-state index in [0.717, 1.165) is 58.0 Å². The Morgan fingerprint density at radius 2 is 2.06 bits per heavy atom. The van der Waals surface area contributed by atoms with E-state index in [1.165, 1.54) is 6.33 Å². The van der Waals surface area contributed by atoms with Crippen molar-refractivity contribution in [2.45, 2.75) is 12.8 Å². The van der Waals surface area contributed by atoms with Gasteiger partial charge in [0.15, 0.2) is 11.7 Å². The van der Waals surface area contributed by atoms with E-state index in [4.69, 9.17) is 9.47 Å². The van der Waals surface area contributed by atoms with E-state index in [-0.39, 0.29) is 11.8 Å². The van der Waals surface area contributed by atoms with Gasteiger partial charge in [-0.05, 0) is 43.2 Å². The topological polar surface area (TPSA) is 93.9 Å². The molecule has 0 atom stereocenters. The number of nitrogens with zero attached hydrogens (tertiary/aromatic N) is 5. The average Bonchev–Trinajstić information content (AvgIpc) is 3.65. The summed E-state index contributed by atoms with van der Waals surface area (Å²) in [6.07, 6.45) is 5.35. The van der Waals surface area contributed by atoms with E-state index in [1.54, 1.807) is 7.11 Å². The number of rotatable bonds is 5. The van der Waals surface area contributed by atoms with Gasteiger partial charge in [0.25, 0.3) is 0 Å². The Kier molecular flexibility index (Phi) is 4.32. The van der Waals surface area contributed by atoms with Gasteiger partial charge in [0.1, 0.15) is 24.2 Å². The number of hydrogen-bond donors (Lipinski definition) is 1. The number of methoxy groups -OCH3 is 1. The van der Waals surface area contributed by atoms with Crippen molar-refractivity contribution >= 4 is 39.8 Å². The van der Waals surface area contributed by atoms with Crippen molar-refractivity contribution in [1.82, 2.24) is 14.5 Å². The number of hydrogen-bond acceptors (Lipinski definition) is 7. The van der Waals surface area contributed by atoms with Crippen LogP contribution >= 0.6 is 0 Å². The Balaban J connectivity index is 1.38. The largest absolute Gasteiger partial charge is 0.495 e. The highest BCUT2D eigenvalue weighted by Gasteiger charge is 2.35. The second kappa shape index (κ2) is 7.56. The lowest BCUT2D eigenvalue weighted by Gasteiger charge is -2.28. The number of para-hydroxylation sites is 2. The van der Waals surface area contributed by atoms with E-state index >= 15 is 0 Å². The van der Waals surface area contributed by atoms with Crippen LogP contribution in [0.3, 0.4) is 0 Å². The molecule has 174 valence electrons. The van der Waals surface area contributed by atoms with Crippen molar-refractivity contribution in [2.24, 2.45) is 10.9 Å².